The fourth-order valence-corrected chi connectivity index (χ4v) is 3.31. The Kier molecular flexibility index (Phi) is 5.25. The van der Waals surface area contributed by atoms with Crippen LogP contribution in [0.5, 0.6) is 0 Å². The fourth-order valence-electron chi connectivity index (χ4n) is 3.04. The van der Waals surface area contributed by atoms with Crippen LogP contribution in [0.25, 0.3) is 0 Å². The molecule has 110 valence electrons. The van der Waals surface area contributed by atoms with Crippen LogP contribution >= 0.6 is 15.9 Å². The van der Waals surface area contributed by atoms with Gasteiger partial charge in [0, 0.05) is 4.47 Å². The molecule has 0 bridgehead atoms. The van der Waals surface area contributed by atoms with Gasteiger partial charge in [0.2, 0.25) is 0 Å². The first-order chi connectivity index (χ1) is 9.47. The Bertz CT molecular complexity index is 453. The van der Waals surface area contributed by atoms with Gasteiger partial charge in [0.1, 0.15) is 6.10 Å². The lowest BCUT2D eigenvalue weighted by atomic mass is 9.75. The van der Waals surface area contributed by atoms with Crippen molar-refractivity contribution in [2.24, 2.45) is 17.8 Å². The van der Waals surface area contributed by atoms with Crippen LogP contribution in [0.1, 0.15) is 50.4 Å². The second-order valence-electron chi connectivity index (χ2n) is 6.28. The number of halogens is 1. The molecule has 1 aromatic carbocycles. The average Bonchev–Trinajstić information content (AvgIpc) is 2.39. The number of ether oxygens (including phenoxy) is 1. The molecule has 0 spiro atoms. The molecule has 3 heteroatoms. The van der Waals surface area contributed by atoms with Crippen LogP contribution in [0.4, 0.5) is 0 Å². The summed E-state index contributed by atoms with van der Waals surface area (Å²) >= 11 is 3.38. The van der Waals surface area contributed by atoms with E-state index in [2.05, 4.69) is 36.7 Å². The molecule has 1 saturated carbocycles. The van der Waals surface area contributed by atoms with Crippen molar-refractivity contribution in [2.45, 2.75) is 46.1 Å². The van der Waals surface area contributed by atoms with E-state index < -0.39 is 0 Å². The minimum atomic E-state index is -0.192. The Hall–Kier alpha value is -0.830. The van der Waals surface area contributed by atoms with Crippen molar-refractivity contribution in [3.05, 3.63) is 34.3 Å². The molecule has 20 heavy (non-hydrogen) atoms. The average molecular weight is 339 g/mol. The van der Waals surface area contributed by atoms with E-state index in [1.807, 2.05) is 24.3 Å². The van der Waals surface area contributed by atoms with E-state index in [0.29, 0.717) is 23.3 Å². The number of benzene rings is 1. The molecule has 0 unspecified atom stereocenters. The summed E-state index contributed by atoms with van der Waals surface area (Å²) < 4.78 is 6.78. The van der Waals surface area contributed by atoms with Crippen molar-refractivity contribution in [3.63, 3.8) is 0 Å². The highest BCUT2D eigenvalue weighted by Gasteiger charge is 2.33. The second kappa shape index (κ2) is 6.75. The standard InChI is InChI=1S/C17H23BrO2/c1-11(2)15-9-4-12(3)10-16(15)20-17(19)13-5-7-14(18)8-6-13/h5-8,11-12,15-16H,4,9-10H2,1-3H3/t12-,15+,16+/m1/s1. The van der Waals surface area contributed by atoms with Crippen LogP contribution in [-0.2, 0) is 4.74 Å². The highest BCUT2D eigenvalue weighted by Crippen LogP contribution is 2.35. The zero-order chi connectivity index (χ0) is 14.7. The Morgan fingerprint density at radius 3 is 2.50 bits per heavy atom. The molecule has 0 heterocycles. The number of rotatable bonds is 3. The second-order valence-corrected chi connectivity index (χ2v) is 7.19. The zero-order valence-corrected chi connectivity index (χ0v) is 14.0. The Labute approximate surface area is 130 Å². The lowest BCUT2D eigenvalue weighted by Gasteiger charge is -2.36. The predicted octanol–water partition coefficient (Wildman–Crippen LogP) is 5.07. The molecule has 0 aromatic heterocycles. The highest BCUT2D eigenvalue weighted by molar-refractivity contribution is 9.10. The molecule has 1 fully saturated rings. The summed E-state index contributed by atoms with van der Waals surface area (Å²) in [6.07, 6.45) is 3.46. The smallest absolute Gasteiger partial charge is 0.338 e. The minimum absolute atomic E-state index is 0.0647. The molecule has 1 aliphatic carbocycles. The summed E-state index contributed by atoms with van der Waals surface area (Å²) in [5, 5.41) is 0. The van der Waals surface area contributed by atoms with Gasteiger partial charge < -0.3 is 4.74 Å². The highest BCUT2D eigenvalue weighted by atomic mass is 79.9. The van der Waals surface area contributed by atoms with E-state index in [0.717, 1.165) is 17.3 Å². The van der Waals surface area contributed by atoms with Crippen molar-refractivity contribution < 1.29 is 9.53 Å². The van der Waals surface area contributed by atoms with Gasteiger partial charge in [-0.05, 0) is 54.9 Å². The first kappa shape index (κ1) is 15.6. The quantitative estimate of drug-likeness (QED) is 0.719. The maximum absolute atomic E-state index is 12.3. The first-order valence-corrected chi connectivity index (χ1v) is 8.23. The van der Waals surface area contributed by atoms with Gasteiger partial charge in [-0.1, -0.05) is 43.1 Å². The largest absolute Gasteiger partial charge is 0.458 e. The van der Waals surface area contributed by atoms with E-state index in [1.165, 1.54) is 6.42 Å². The maximum atomic E-state index is 12.3. The maximum Gasteiger partial charge on any atom is 0.338 e. The van der Waals surface area contributed by atoms with Crippen LogP contribution in [0.3, 0.4) is 0 Å². The van der Waals surface area contributed by atoms with Gasteiger partial charge in [-0.15, -0.1) is 0 Å². The Balaban J connectivity index is 2.05. The van der Waals surface area contributed by atoms with Gasteiger partial charge in [0.15, 0.2) is 0 Å². The van der Waals surface area contributed by atoms with Crippen LogP contribution < -0.4 is 0 Å². The Morgan fingerprint density at radius 1 is 1.25 bits per heavy atom. The molecule has 1 aliphatic rings. The third-order valence-electron chi connectivity index (χ3n) is 4.30. The number of carbonyl (C=O) groups is 1. The van der Waals surface area contributed by atoms with E-state index >= 15 is 0 Å². The summed E-state index contributed by atoms with van der Waals surface area (Å²) in [6.45, 7) is 6.69. The number of hydrogen-bond acceptors (Lipinski definition) is 2. The fraction of sp³-hybridized carbons (Fsp3) is 0.588. The summed E-state index contributed by atoms with van der Waals surface area (Å²) in [7, 11) is 0. The predicted molar refractivity (Wildman–Crippen MR) is 84.7 cm³/mol. The van der Waals surface area contributed by atoms with Crippen LogP contribution in [0, 0.1) is 17.8 Å². The molecule has 1 aromatic rings. The number of esters is 1. The van der Waals surface area contributed by atoms with Gasteiger partial charge in [0.05, 0.1) is 5.56 Å². The van der Waals surface area contributed by atoms with Gasteiger partial charge in [-0.25, -0.2) is 4.79 Å². The van der Waals surface area contributed by atoms with E-state index in [9.17, 15) is 4.79 Å². The topological polar surface area (TPSA) is 26.3 Å². The number of carbonyl (C=O) groups excluding carboxylic acids is 1. The molecular formula is C17H23BrO2. The SMILES string of the molecule is CC(C)[C@@H]1CC[C@@H](C)C[C@@H]1OC(=O)c1ccc(Br)cc1. The summed E-state index contributed by atoms with van der Waals surface area (Å²) in [4.78, 5) is 12.3. The van der Waals surface area contributed by atoms with E-state index in [1.54, 1.807) is 0 Å². The summed E-state index contributed by atoms with van der Waals surface area (Å²) in [5.41, 5.74) is 0.633. The molecule has 2 nitrogen and oxygen atoms in total. The molecular weight excluding hydrogens is 316 g/mol. The lowest BCUT2D eigenvalue weighted by molar-refractivity contribution is -0.0174. The van der Waals surface area contributed by atoms with Crippen LogP contribution in [-0.4, -0.2) is 12.1 Å². The molecule has 2 rings (SSSR count). The molecule has 0 aliphatic heterocycles. The van der Waals surface area contributed by atoms with Gasteiger partial charge in [-0.3, -0.25) is 0 Å². The first-order valence-electron chi connectivity index (χ1n) is 7.44. The number of hydrogen-bond donors (Lipinski definition) is 0. The van der Waals surface area contributed by atoms with Gasteiger partial charge in [0.25, 0.3) is 0 Å². The molecule has 0 amide bonds. The lowest BCUT2D eigenvalue weighted by Crippen LogP contribution is -2.35. The van der Waals surface area contributed by atoms with E-state index in [4.69, 9.17) is 4.74 Å². The third kappa shape index (κ3) is 3.85. The van der Waals surface area contributed by atoms with Crippen molar-refractivity contribution in [1.82, 2.24) is 0 Å². The monoisotopic (exact) mass is 338 g/mol. The van der Waals surface area contributed by atoms with Crippen molar-refractivity contribution in [1.29, 1.82) is 0 Å². The minimum Gasteiger partial charge on any atom is -0.458 e. The van der Waals surface area contributed by atoms with Crippen molar-refractivity contribution in [3.8, 4) is 0 Å². The van der Waals surface area contributed by atoms with Crippen molar-refractivity contribution >= 4 is 21.9 Å². The van der Waals surface area contributed by atoms with E-state index in [-0.39, 0.29) is 12.1 Å². The summed E-state index contributed by atoms with van der Waals surface area (Å²) in [5.74, 6) is 1.51. The zero-order valence-electron chi connectivity index (χ0n) is 12.4. The van der Waals surface area contributed by atoms with Crippen molar-refractivity contribution in [2.75, 3.05) is 0 Å². The van der Waals surface area contributed by atoms with Gasteiger partial charge >= 0.3 is 5.97 Å². The molecule has 3 atom stereocenters. The molecule has 0 saturated heterocycles. The summed E-state index contributed by atoms with van der Waals surface area (Å²) in [6, 6.07) is 7.37. The van der Waals surface area contributed by atoms with Crippen LogP contribution in [0.2, 0.25) is 0 Å². The van der Waals surface area contributed by atoms with Crippen LogP contribution in [0.15, 0.2) is 28.7 Å². The van der Waals surface area contributed by atoms with Gasteiger partial charge in [-0.2, -0.15) is 0 Å². The molecule has 0 radical (unpaired) electrons. The third-order valence-corrected chi connectivity index (χ3v) is 4.83. The molecule has 0 N–H and O–H groups in total. The normalized spacial score (nSPS) is 26.6. The Morgan fingerprint density at radius 2 is 1.90 bits per heavy atom.